The van der Waals surface area contributed by atoms with Crippen molar-refractivity contribution in [2.24, 2.45) is 0 Å². The lowest BCUT2D eigenvalue weighted by Crippen LogP contribution is -2.47. The van der Waals surface area contributed by atoms with Crippen LogP contribution in [0.15, 0.2) is 72.8 Å². The standard InChI is InChI=1S/C34H37F3N4O2/c1-38(29-15-18-39(22-29)17-5-8-24-6-3-2-4-7-24)33(43)40-19-16-30(23-40)41-21-27-20-26(11-14-31(27)32(41)42)25-9-12-28(13-10-25)34(35,36)37/h2-4,6-7,9-14,20,29-30H,5,8,15-19,21-23H2,1H3. The van der Waals surface area contributed by atoms with Crippen molar-refractivity contribution in [3.05, 3.63) is 95.1 Å². The first kappa shape index (κ1) is 29.2. The molecule has 2 atom stereocenters. The zero-order chi connectivity index (χ0) is 30.1. The number of hydrogen-bond donors (Lipinski definition) is 0. The summed E-state index contributed by atoms with van der Waals surface area (Å²) in [6.45, 7) is 4.45. The molecule has 0 saturated carbocycles. The van der Waals surface area contributed by atoms with E-state index < -0.39 is 11.7 Å². The highest BCUT2D eigenvalue weighted by atomic mass is 19.4. The van der Waals surface area contributed by atoms with E-state index in [0.717, 1.165) is 68.6 Å². The third-order valence-electron chi connectivity index (χ3n) is 9.24. The lowest BCUT2D eigenvalue weighted by molar-refractivity contribution is -0.137. The van der Waals surface area contributed by atoms with Crippen LogP contribution in [-0.2, 0) is 19.1 Å². The maximum Gasteiger partial charge on any atom is 0.416 e. The maximum atomic E-state index is 13.4. The topological polar surface area (TPSA) is 47.1 Å². The number of nitrogens with zero attached hydrogens (tertiary/aromatic N) is 4. The fourth-order valence-electron chi connectivity index (χ4n) is 6.70. The summed E-state index contributed by atoms with van der Waals surface area (Å²) in [5.74, 6) is -0.0523. The monoisotopic (exact) mass is 590 g/mol. The molecule has 3 heterocycles. The molecule has 2 saturated heterocycles. The van der Waals surface area contributed by atoms with Gasteiger partial charge < -0.3 is 19.6 Å². The van der Waals surface area contributed by atoms with E-state index in [0.29, 0.717) is 30.8 Å². The van der Waals surface area contributed by atoms with Crippen LogP contribution in [-0.4, -0.2) is 83.4 Å². The number of rotatable bonds is 7. The largest absolute Gasteiger partial charge is 0.416 e. The highest BCUT2D eigenvalue weighted by molar-refractivity contribution is 5.99. The number of carbonyl (C=O) groups excluding carboxylic acids is 2. The Bertz CT molecular complexity index is 1460. The second kappa shape index (κ2) is 12.0. The molecule has 3 aromatic carbocycles. The molecule has 0 aliphatic carbocycles. The Morgan fingerprint density at radius 3 is 2.42 bits per heavy atom. The minimum absolute atomic E-state index is 0.0207. The van der Waals surface area contributed by atoms with Gasteiger partial charge in [0.05, 0.1) is 11.6 Å². The second-order valence-electron chi connectivity index (χ2n) is 12.0. The van der Waals surface area contributed by atoms with Gasteiger partial charge in [-0.15, -0.1) is 0 Å². The molecule has 3 aliphatic rings. The van der Waals surface area contributed by atoms with Crippen molar-refractivity contribution in [1.29, 1.82) is 0 Å². The van der Waals surface area contributed by atoms with Crippen LogP contribution >= 0.6 is 0 Å². The van der Waals surface area contributed by atoms with Crippen molar-refractivity contribution in [1.82, 2.24) is 19.6 Å². The molecule has 3 aliphatic heterocycles. The fourth-order valence-corrected chi connectivity index (χ4v) is 6.70. The predicted molar refractivity (Wildman–Crippen MR) is 159 cm³/mol. The summed E-state index contributed by atoms with van der Waals surface area (Å²) in [7, 11) is 1.90. The molecule has 2 fully saturated rings. The van der Waals surface area contributed by atoms with Crippen molar-refractivity contribution in [3.63, 3.8) is 0 Å². The zero-order valence-electron chi connectivity index (χ0n) is 24.4. The number of urea groups is 1. The minimum Gasteiger partial charge on any atom is -0.329 e. The number of fused-ring (bicyclic) bond motifs is 1. The molecule has 2 unspecified atom stereocenters. The van der Waals surface area contributed by atoms with E-state index in [1.165, 1.54) is 17.7 Å². The SMILES string of the molecule is CN(C(=O)N1CCC(N2Cc3cc(-c4ccc(C(F)(F)F)cc4)ccc3C2=O)C1)C1CCN(CCCc2ccccc2)C1. The highest BCUT2D eigenvalue weighted by Gasteiger charge is 2.39. The number of likely N-dealkylation sites (tertiary alicyclic amines) is 2. The molecule has 0 aromatic heterocycles. The fraction of sp³-hybridized carbons (Fsp3) is 0.412. The van der Waals surface area contributed by atoms with E-state index in [1.54, 1.807) is 12.1 Å². The number of alkyl halides is 3. The molecule has 0 spiro atoms. The van der Waals surface area contributed by atoms with Crippen LogP contribution < -0.4 is 0 Å². The first-order valence-corrected chi connectivity index (χ1v) is 15.1. The molecule has 0 bridgehead atoms. The van der Waals surface area contributed by atoms with Crippen LogP contribution in [0.25, 0.3) is 11.1 Å². The van der Waals surface area contributed by atoms with Gasteiger partial charge in [-0.2, -0.15) is 13.2 Å². The van der Waals surface area contributed by atoms with Crippen molar-refractivity contribution < 1.29 is 22.8 Å². The summed E-state index contributed by atoms with van der Waals surface area (Å²) < 4.78 is 38.9. The highest BCUT2D eigenvalue weighted by Crippen LogP contribution is 2.34. The lowest BCUT2D eigenvalue weighted by atomic mass is 9.99. The number of carbonyl (C=O) groups is 2. The number of hydrogen-bond acceptors (Lipinski definition) is 3. The molecule has 226 valence electrons. The van der Waals surface area contributed by atoms with Crippen LogP contribution in [0.1, 0.15) is 46.3 Å². The molecule has 3 amide bonds. The number of amides is 3. The zero-order valence-corrected chi connectivity index (χ0v) is 24.4. The predicted octanol–water partition coefficient (Wildman–Crippen LogP) is 6.16. The second-order valence-corrected chi connectivity index (χ2v) is 12.0. The van der Waals surface area contributed by atoms with Gasteiger partial charge in [-0.1, -0.05) is 48.5 Å². The van der Waals surface area contributed by atoms with Crippen LogP contribution in [0.3, 0.4) is 0 Å². The Morgan fingerprint density at radius 2 is 1.67 bits per heavy atom. The molecule has 6 nitrogen and oxygen atoms in total. The Labute approximate surface area is 250 Å². The van der Waals surface area contributed by atoms with E-state index in [2.05, 4.69) is 29.2 Å². The number of benzene rings is 3. The number of halogens is 3. The molecule has 0 N–H and O–H groups in total. The van der Waals surface area contributed by atoms with Gasteiger partial charge in [0.1, 0.15) is 0 Å². The summed E-state index contributed by atoms with van der Waals surface area (Å²) in [6.07, 6.45) is -0.538. The third kappa shape index (κ3) is 6.27. The Balaban J connectivity index is 1.01. The van der Waals surface area contributed by atoms with Crippen molar-refractivity contribution in [2.75, 3.05) is 39.8 Å². The van der Waals surface area contributed by atoms with Gasteiger partial charge in [0.15, 0.2) is 0 Å². The van der Waals surface area contributed by atoms with Crippen molar-refractivity contribution in [2.45, 2.75) is 50.5 Å². The summed E-state index contributed by atoms with van der Waals surface area (Å²) in [5.41, 5.74) is 3.60. The summed E-state index contributed by atoms with van der Waals surface area (Å²) >= 11 is 0. The van der Waals surface area contributed by atoms with E-state index in [9.17, 15) is 22.8 Å². The average Bonchev–Trinajstić information content (AvgIpc) is 3.76. The molecule has 43 heavy (non-hydrogen) atoms. The van der Waals surface area contributed by atoms with Gasteiger partial charge in [-0.25, -0.2) is 4.79 Å². The quantitative estimate of drug-likeness (QED) is 0.331. The van der Waals surface area contributed by atoms with Crippen LogP contribution in [0.2, 0.25) is 0 Å². The van der Waals surface area contributed by atoms with E-state index in [4.69, 9.17) is 0 Å². The molecule has 3 aromatic rings. The van der Waals surface area contributed by atoms with Gasteiger partial charge in [-0.05, 0) is 78.7 Å². The number of aryl methyl sites for hydroxylation is 1. The van der Waals surface area contributed by atoms with Crippen LogP contribution in [0.4, 0.5) is 18.0 Å². The average molecular weight is 591 g/mol. The normalized spacial score (nSPS) is 20.6. The lowest BCUT2D eigenvalue weighted by Gasteiger charge is -2.30. The minimum atomic E-state index is -4.38. The maximum absolute atomic E-state index is 13.4. The number of likely N-dealkylation sites (N-methyl/N-ethyl adjacent to an activating group) is 1. The summed E-state index contributed by atoms with van der Waals surface area (Å²) in [5, 5.41) is 0. The van der Waals surface area contributed by atoms with Gasteiger partial charge in [0, 0.05) is 51.4 Å². The molecule has 6 rings (SSSR count). The van der Waals surface area contributed by atoms with E-state index in [-0.39, 0.29) is 24.0 Å². The molecule has 0 radical (unpaired) electrons. The Morgan fingerprint density at radius 1 is 0.930 bits per heavy atom. The Kier molecular flexibility index (Phi) is 8.18. The smallest absolute Gasteiger partial charge is 0.329 e. The van der Waals surface area contributed by atoms with Gasteiger partial charge in [0.25, 0.3) is 5.91 Å². The Hall–Kier alpha value is -3.85. The van der Waals surface area contributed by atoms with Gasteiger partial charge in [0.2, 0.25) is 0 Å². The molecular weight excluding hydrogens is 553 g/mol. The van der Waals surface area contributed by atoms with E-state index in [1.807, 2.05) is 33.9 Å². The van der Waals surface area contributed by atoms with Crippen molar-refractivity contribution in [3.8, 4) is 11.1 Å². The molecular formula is C34H37F3N4O2. The van der Waals surface area contributed by atoms with Crippen molar-refractivity contribution >= 4 is 11.9 Å². The van der Waals surface area contributed by atoms with Crippen LogP contribution in [0, 0.1) is 0 Å². The first-order valence-electron chi connectivity index (χ1n) is 15.1. The van der Waals surface area contributed by atoms with Crippen LogP contribution in [0.5, 0.6) is 0 Å². The van der Waals surface area contributed by atoms with Gasteiger partial charge >= 0.3 is 12.2 Å². The van der Waals surface area contributed by atoms with Gasteiger partial charge in [-0.3, -0.25) is 4.79 Å². The van der Waals surface area contributed by atoms with E-state index >= 15 is 0 Å². The first-order chi connectivity index (χ1) is 20.7. The summed E-state index contributed by atoms with van der Waals surface area (Å²) in [4.78, 5) is 34.8. The molecule has 9 heteroatoms. The summed E-state index contributed by atoms with van der Waals surface area (Å²) in [6, 6.07) is 21.2. The third-order valence-corrected chi connectivity index (χ3v) is 9.24.